The maximum Gasteiger partial charge on any atom is 0.163 e. The van der Waals surface area contributed by atoms with Crippen molar-refractivity contribution in [2.75, 3.05) is 27.3 Å². The number of rotatable bonds is 5. The Morgan fingerprint density at radius 2 is 1.86 bits per heavy atom. The van der Waals surface area contributed by atoms with E-state index >= 15 is 0 Å². The molecule has 114 valence electrons. The lowest BCUT2D eigenvalue weighted by Gasteiger charge is -2.21. The van der Waals surface area contributed by atoms with Crippen molar-refractivity contribution >= 4 is 11.0 Å². The third-order valence-electron chi connectivity index (χ3n) is 4.28. The first-order valence-corrected chi connectivity index (χ1v) is 7.61. The van der Waals surface area contributed by atoms with E-state index in [0.717, 1.165) is 53.8 Å². The van der Waals surface area contributed by atoms with Crippen molar-refractivity contribution in [1.29, 1.82) is 0 Å². The third-order valence-corrected chi connectivity index (χ3v) is 4.28. The Morgan fingerprint density at radius 3 is 2.57 bits per heavy atom. The highest BCUT2D eigenvalue weighted by Crippen LogP contribution is 2.31. The minimum absolute atomic E-state index is 0.724. The Labute approximate surface area is 125 Å². The summed E-state index contributed by atoms with van der Waals surface area (Å²) >= 11 is 0. The van der Waals surface area contributed by atoms with E-state index in [9.17, 15) is 0 Å². The van der Waals surface area contributed by atoms with Gasteiger partial charge in [0.15, 0.2) is 11.5 Å². The van der Waals surface area contributed by atoms with Gasteiger partial charge in [-0.3, -0.25) is 0 Å². The summed E-state index contributed by atoms with van der Waals surface area (Å²) in [6.45, 7) is 2.30. The van der Waals surface area contributed by atoms with E-state index in [1.54, 1.807) is 14.2 Å². The number of benzene rings is 1. The number of piperidine rings is 1. The van der Waals surface area contributed by atoms with Crippen LogP contribution in [0.5, 0.6) is 11.5 Å². The molecule has 0 aliphatic carbocycles. The van der Waals surface area contributed by atoms with Gasteiger partial charge in [-0.05, 0) is 38.3 Å². The first kappa shape index (κ1) is 14.2. The molecule has 0 radical (unpaired) electrons. The monoisotopic (exact) mass is 289 g/mol. The van der Waals surface area contributed by atoms with E-state index in [1.165, 1.54) is 19.3 Å². The molecule has 0 bridgehead atoms. The first-order valence-electron chi connectivity index (χ1n) is 7.61. The Morgan fingerprint density at radius 1 is 1.14 bits per heavy atom. The van der Waals surface area contributed by atoms with Gasteiger partial charge in [-0.25, -0.2) is 4.98 Å². The molecule has 1 aliphatic rings. The number of aromatic nitrogens is 2. The van der Waals surface area contributed by atoms with Crippen LogP contribution in [-0.2, 0) is 6.42 Å². The van der Waals surface area contributed by atoms with E-state index in [2.05, 4.69) is 15.3 Å². The van der Waals surface area contributed by atoms with Crippen molar-refractivity contribution in [3.63, 3.8) is 0 Å². The highest BCUT2D eigenvalue weighted by atomic mass is 16.5. The van der Waals surface area contributed by atoms with Gasteiger partial charge >= 0.3 is 0 Å². The second kappa shape index (κ2) is 6.35. The summed E-state index contributed by atoms with van der Waals surface area (Å²) in [5.41, 5.74) is 1.95. The molecule has 1 fully saturated rings. The summed E-state index contributed by atoms with van der Waals surface area (Å²) in [5, 5.41) is 3.41. The van der Waals surface area contributed by atoms with Crippen LogP contribution in [0.25, 0.3) is 11.0 Å². The lowest BCUT2D eigenvalue weighted by Crippen LogP contribution is -2.27. The molecule has 0 saturated carbocycles. The van der Waals surface area contributed by atoms with Gasteiger partial charge in [0.1, 0.15) is 5.82 Å². The summed E-state index contributed by atoms with van der Waals surface area (Å²) < 4.78 is 10.7. The Bertz CT molecular complexity index is 562. The van der Waals surface area contributed by atoms with Gasteiger partial charge in [-0.2, -0.15) is 0 Å². The van der Waals surface area contributed by atoms with Gasteiger partial charge in [0.25, 0.3) is 0 Å². The standard InChI is InChI=1S/C16H23N3O2/c1-20-14-9-12-13(10-15(14)21-2)19-16(18-12)4-3-11-5-7-17-8-6-11/h9-11,17H,3-8H2,1-2H3,(H,18,19). The number of hydrogen-bond acceptors (Lipinski definition) is 4. The summed E-state index contributed by atoms with van der Waals surface area (Å²) in [6.07, 6.45) is 4.77. The van der Waals surface area contributed by atoms with Gasteiger partial charge in [0.05, 0.1) is 25.3 Å². The van der Waals surface area contributed by atoms with Gasteiger partial charge in [0.2, 0.25) is 0 Å². The molecule has 5 heteroatoms. The quantitative estimate of drug-likeness (QED) is 0.888. The van der Waals surface area contributed by atoms with Crippen molar-refractivity contribution in [2.24, 2.45) is 5.92 Å². The average Bonchev–Trinajstić information content (AvgIpc) is 2.94. The molecule has 1 saturated heterocycles. The fourth-order valence-electron chi connectivity index (χ4n) is 3.02. The molecule has 2 heterocycles. The Balaban J connectivity index is 1.74. The van der Waals surface area contributed by atoms with E-state index in [1.807, 2.05) is 12.1 Å². The molecule has 5 nitrogen and oxygen atoms in total. The fourth-order valence-corrected chi connectivity index (χ4v) is 3.02. The highest BCUT2D eigenvalue weighted by Gasteiger charge is 2.14. The molecular weight excluding hydrogens is 266 g/mol. The number of hydrogen-bond donors (Lipinski definition) is 2. The van der Waals surface area contributed by atoms with Crippen LogP contribution in [0.3, 0.4) is 0 Å². The SMILES string of the molecule is COc1cc2nc(CCC3CCNCC3)[nH]c2cc1OC. The van der Waals surface area contributed by atoms with Crippen LogP contribution in [-0.4, -0.2) is 37.3 Å². The number of aryl methyl sites for hydroxylation is 1. The van der Waals surface area contributed by atoms with Crippen molar-refractivity contribution < 1.29 is 9.47 Å². The number of nitrogens with zero attached hydrogens (tertiary/aromatic N) is 1. The summed E-state index contributed by atoms with van der Waals surface area (Å²) in [6, 6.07) is 3.88. The maximum absolute atomic E-state index is 5.33. The molecule has 0 atom stereocenters. The minimum atomic E-state index is 0.724. The molecule has 1 aromatic carbocycles. The third kappa shape index (κ3) is 3.13. The molecule has 0 spiro atoms. The summed E-state index contributed by atoms with van der Waals surface area (Å²) in [5.74, 6) is 3.34. The predicted octanol–water partition coefficient (Wildman–Crippen LogP) is 2.51. The average molecular weight is 289 g/mol. The zero-order chi connectivity index (χ0) is 14.7. The van der Waals surface area contributed by atoms with Crippen molar-refractivity contribution in [3.8, 4) is 11.5 Å². The van der Waals surface area contributed by atoms with Crippen LogP contribution >= 0.6 is 0 Å². The molecule has 2 N–H and O–H groups in total. The number of H-pyrrole nitrogens is 1. The number of aromatic amines is 1. The number of fused-ring (bicyclic) bond motifs is 1. The Kier molecular flexibility index (Phi) is 4.29. The van der Waals surface area contributed by atoms with Gasteiger partial charge in [-0.15, -0.1) is 0 Å². The van der Waals surface area contributed by atoms with E-state index in [4.69, 9.17) is 9.47 Å². The largest absolute Gasteiger partial charge is 0.493 e. The minimum Gasteiger partial charge on any atom is -0.493 e. The molecule has 0 unspecified atom stereocenters. The highest BCUT2D eigenvalue weighted by molar-refractivity contribution is 5.79. The lowest BCUT2D eigenvalue weighted by atomic mass is 9.93. The fraction of sp³-hybridized carbons (Fsp3) is 0.562. The molecule has 1 aromatic heterocycles. The van der Waals surface area contributed by atoms with Crippen LogP contribution in [0.1, 0.15) is 25.1 Å². The summed E-state index contributed by atoms with van der Waals surface area (Å²) in [7, 11) is 3.30. The van der Waals surface area contributed by atoms with Crippen molar-refractivity contribution in [2.45, 2.75) is 25.7 Å². The van der Waals surface area contributed by atoms with Crippen LogP contribution in [0.4, 0.5) is 0 Å². The van der Waals surface area contributed by atoms with Crippen LogP contribution in [0.2, 0.25) is 0 Å². The van der Waals surface area contributed by atoms with E-state index in [-0.39, 0.29) is 0 Å². The molecule has 0 amide bonds. The molecule has 1 aliphatic heterocycles. The van der Waals surface area contributed by atoms with Gasteiger partial charge < -0.3 is 19.8 Å². The normalized spacial score (nSPS) is 16.3. The van der Waals surface area contributed by atoms with E-state index < -0.39 is 0 Å². The van der Waals surface area contributed by atoms with Crippen LogP contribution in [0.15, 0.2) is 12.1 Å². The zero-order valence-electron chi connectivity index (χ0n) is 12.7. The molecule has 21 heavy (non-hydrogen) atoms. The number of nitrogens with one attached hydrogen (secondary N) is 2. The van der Waals surface area contributed by atoms with E-state index in [0.29, 0.717) is 0 Å². The summed E-state index contributed by atoms with van der Waals surface area (Å²) in [4.78, 5) is 8.07. The topological polar surface area (TPSA) is 59.2 Å². The number of ether oxygens (including phenoxy) is 2. The smallest absolute Gasteiger partial charge is 0.163 e. The van der Waals surface area contributed by atoms with Gasteiger partial charge in [0, 0.05) is 18.6 Å². The first-order chi connectivity index (χ1) is 10.3. The predicted molar refractivity (Wildman–Crippen MR) is 83.1 cm³/mol. The van der Waals surface area contributed by atoms with Crippen LogP contribution < -0.4 is 14.8 Å². The molecular formula is C16H23N3O2. The number of imidazole rings is 1. The second-order valence-electron chi connectivity index (χ2n) is 5.64. The maximum atomic E-state index is 5.33. The second-order valence-corrected chi connectivity index (χ2v) is 5.64. The Hall–Kier alpha value is -1.75. The molecule has 2 aromatic rings. The zero-order valence-corrected chi connectivity index (χ0v) is 12.7. The van der Waals surface area contributed by atoms with Crippen molar-refractivity contribution in [3.05, 3.63) is 18.0 Å². The van der Waals surface area contributed by atoms with Crippen LogP contribution in [0, 0.1) is 5.92 Å². The van der Waals surface area contributed by atoms with Crippen molar-refractivity contribution in [1.82, 2.24) is 15.3 Å². The molecule has 3 rings (SSSR count). The van der Waals surface area contributed by atoms with Gasteiger partial charge in [-0.1, -0.05) is 0 Å². The lowest BCUT2D eigenvalue weighted by molar-refractivity contribution is 0.352. The number of methoxy groups -OCH3 is 2.